The zero-order chi connectivity index (χ0) is 17.8. The van der Waals surface area contributed by atoms with Gasteiger partial charge in [0.15, 0.2) is 0 Å². The fourth-order valence-corrected chi connectivity index (χ4v) is 3.00. The van der Waals surface area contributed by atoms with Crippen molar-refractivity contribution in [2.45, 2.75) is 64.1 Å². The Labute approximate surface area is 137 Å². The lowest BCUT2D eigenvalue weighted by molar-refractivity contribution is -0.138. The zero-order valence-electron chi connectivity index (χ0n) is 14.3. The number of nitrogens with two attached hydrogens (primary N) is 1. The lowest BCUT2D eigenvalue weighted by atomic mass is 9.73. The van der Waals surface area contributed by atoms with E-state index in [2.05, 4.69) is 17.2 Å². The minimum Gasteiger partial charge on any atom is -0.446 e. The quantitative estimate of drug-likeness (QED) is 0.675. The maximum absolute atomic E-state index is 12.8. The van der Waals surface area contributed by atoms with Gasteiger partial charge in [0.25, 0.3) is 0 Å². The second-order valence-corrected chi connectivity index (χ2v) is 7.17. The molecule has 1 rings (SSSR count). The third-order valence-electron chi connectivity index (χ3n) is 3.71. The number of nitrogens with one attached hydrogen (secondary N) is 2. The molecule has 1 saturated carbocycles. The van der Waals surface area contributed by atoms with Crippen LogP contribution in [0.5, 0.6) is 0 Å². The molecule has 3 atom stereocenters. The Bertz CT molecular complexity index is 498. The van der Waals surface area contributed by atoms with Crippen LogP contribution in [0.15, 0.2) is 12.7 Å². The van der Waals surface area contributed by atoms with Gasteiger partial charge in [-0.15, -0.1) is 6.58 Å². The summed E-state index contributed by atoms with van der Waals surface area (Å²) in [7, 11) is 0. The topological polar surface area (TPSA) is 111 Å². The Kier molecular flexibility index (Phi) is 5.80. The van der Waals surface area contributed by atoms with Crippen molar-refractivity contribution in [1.82, 2.24) is 10.6 Å². The van der Waals surface area contributed by atoms with Crippen molar-refractivity contribution in [2.24, 2.45) is 11.7 Å². The summed E-state index contributed by atoms with van der Waals surface area (Å²) >= 11 is 0. The first kappa shape index (κ1) is 19.0. The molecule has 1 aliphatic rings. The summed E-state index contributed by atoms with van der Waals surface area (Å²) in [6, 6.07) is 0. The highest BCUT2D eigenvalue weighted by Crippen LogP contribution is 2.35. The van der Waals surface area contributed by atoms with Crippen molar-refractivity contribution >= 4 is 17.9 Å². The van der Waals surface area contributed by atoms with Crippen molar-refractivity contribution in [1.29, 1.82) is 0 Å². The molecule has 0 bridgehead atoms. The van der Waals surface area contributed by atoms with Gasteiger partial charge < -0.3 is 21.1 Å². The van der Waals surface area contributed by atoms with Crippen LogP contribution in [0.1, 0.15) is 47.0 Å². The van der Waals surface area contributed by atoms with Gasteiger partial charge in [0.2, 0.25) is 11.8 Å². The third-order valence-corrected chi connectivity index (χ3v) is 3.71. The fourth-order valence-electron chi connectivity index (χ4n) is 3.00. The average molecular weight is 325 g/mol. The number of ether oxygens (including phenoxy) is 1. The van der Waals surface area contributed by atoms with Crippen LogP contribution in [-0.4, -0.2) is 35.1 Å². The molecule has 0 aromatic heterocycles. The minimum absolute atomic E-state index is 0.0781. The van der Waals surface area contributed by atoms with E-state index in [4.69, 9.17) is 10.5 Å². The van der Waals surface area contributed by atoms with E-state index < -0.39 is 23.3 Å². The summed E-state index contributed by atoms with van der Waals surface area (Å²) in [6.07, 6.45) is 1.36. The van der Waals surface area contributed by atoms with Crippen LogP contribution in [0.3, 0.4) is 0 Å². The molecule has 0 spiro atoms. The molecular formula is C16H27N3O4. The van der Waals surface area contributed by atoms with Crippen LogP contribution < -0.4 is 16.4 Å². The smallest absolute Gasteiger partial charge is 0.404 e. The molecule has 3 amide bonds. The normalized spacial score (nSPS) is 27.7. The SMILES string of the molecule is C=CC1CC(OC(N)=O)CC(NC(C)=O)(C(=O)NC(C)(C)C)C1. The highest BCUT2D eigenvalue weighted by Gasteiger charge is 2.48. The molecule has 0 heterocycles. The average Bonchev–Trinajstić information content (AvgIpc) is 2.34. The zero-order valence-corrected chi connectivity index (χ0v) is 14.3. The second kappa shape index (κ2) is 7.02. The van der Waals surface area contributed by atoms with E-state index in [0.717, 1.165) is 0 Å². The highest BCUT2D eigenvalue weighted by molar-refractivity contribution is 5.91. The number of hydrogen-bond donors (Lipinski definition) is 3. The van der Waals surface area contributed by atoms with Crippen molar-refractivity contribution < 1.29 is 19.1 Å². The molecule has 23 heavy (non-hydrogen) atoms. The molecule has 130 valence electrons. The Hall–Kier alpha value is -2.05. The molecule has 0 aromatic rings. The van der Waals surface area contributed by atoms with Crippen molar-refractivity contribution in [3.8, 4) is 0 Å². The van der Waals surface area contributed by atoms with Gasteiger partial charge in [-0.25, -0.2) is 4.79 Å². The van der Waals surface area contributed by atoms with Gasteiger partial charge in [-0.2, -0.15) is 0 Å². The number of allylic oxidation sites excluding steroid dienone is 1. The van der Waals surface area contributed by atoms with Gasteiger partial charge in [0.05, 0.1) is 0 Å². The molecule has 0 saturated heterocycles. The van der Waals surface area contributed by atoms with Crippen molar-refractivity contribution in [3.63, 3.8) is 0 Å². The molecule has 1 aliphatic carbocycles. The maximum atomic E-state index is 12.8. The van der Waals surface area contributed by atoms with Crippen LogP contribution in [0, 0.1) is 5.92 Å². The van der Waals surface area contributed by atoms with Gasteiger partial charge in [0, 0.05) is 18.9 Å². The first-order chi connectivity index (χ1) is 10.5. The van der Waals surface area contributed by atoms with E-state index >= 15 is 0 Å². The molecule has 4 N–H and O–H groups in total. The molecule has 0 aromatic carbocycles. The van der Waals surface area contributed by atoms with E-state index in [0.29, 0.717) is 12.8 Å². The van der Waals surface area contributed by atoms with Crippen molar-refractivity contribution in [3.05, 3.63) is 12.7 Å². The molecule has 7 nitrogen and oxygen atoms in total. The van der Waals surface area contributed by atoms with Crippen LogP contribution in [0.4, 0.5) is 4.79 Å². The summed E-state index contributed by atoms with van der Waals surface area (Å²) in [5, 5.41) is 5.65. The van der Waals surface area contributed by atoms with E-state index in [1.165, 1.54) is 6.92 Å². The highest BCUT2D eigenvalue weighted by atomic mass is 16.6. The number of carbonyl (C=O) groups is 3. The first-order valence-electron chi connectivity index (χ1n) is 7.67. The largest absolute Gasteiger partial charge is 0.446 e. The third kappa shape index (κ3) is 5.58. The predicted molar refractivity (Wildman–Crippen MR) is 86.4 cm³/mol. The Morgan fingerprint density at radius 3 is 2.35 bits per heavy atom. The van der Waals surface area contributed by atoms with Gasteiger partial charge >= 0.3 is 6.09 Å². The number of amides is 3. The van der Waals surface area contributed by atoms with Gasteiger partial charge in [-0.1, -0.05) is 6.08 Å². The Morgan fingerprint density at radius 2 is 1.91 bits per heavy atom. The molecule has 1 fully saturated rings. The number of carbonyl (C=O) groups excluding carboxylic acids is 3. The molecular weight excluding hydrogens is 298 g/mol. The fraction of sp³-hybridized carbons (Fsp3) is 0.688. The minimum atomic E-state index is -1.16. The predicted octanol–water partition coefficient (Wildman–Crippen LogP) is 1.23. The summed E-state index contributed by atoms with van der Waals surface area (Å²) < 4.78 is 5.10. The van der Waals surface area contributed by atoms with E-state index in [1.807, 2.05) is 20.8 Å². The second-order valence-electron chi connectivity index (χ2n) is 7.17. The molecule has 0 radical (unpaired) electrons. The van der Waals surface area contributed by atoms with Gasteiger partial charge in [-0.3, -0.25) is 9.59 Å². The lowest BCUT2D eigenvalue weighted by Gasteiger charge is -2.43. The van der Waals surface area contributed by atoms with E-state index in [1.54, 1.807) is 6.08 Å². The number of primary amides is 1. The van der Waals surface area contributed by atoms with E-state index in [-0.39, 0.29) is 24.2 Å². The molecule has 0 aliphatic heterocycles. The van der Waals surface area contributed by atoms with Gasteiger partial charge in [0.1, 0.15) is 11.6 Å². The summed E-state index contributed by atoms with van der Waals surface area (Å²) in [4.78, 5) is 35.6. The Morgan fingerprint density at radius 1 is 1.30 bits per heavy atom. The van der Waals surface area contributed by atoms with E-state index in [9.17, 15) is 14.4 Å². The first-order valence-corrected chi connectivity index (χ1v) is 7.67. The molecule has 3 unspecified atom stereocenters. The summed E-state index contributed by atoms with van der Waals surface area (Å²) in [5.41, 5.74) is 3.49. The van der Waals surface area contributed by atoms with Crippen LogP contribution in [0.2, 0.25) is 0 Å². The summed E-state index contributed by atoms with van der Waals surface area (Å²) in [6.45, 7) is 10.7. The monoisotopic (exact) mass is 325 g/mol. The maximum Gasteiger partial charge on any atom is 0.404 e. The Balaban J connectivity index is 3.14. The lowest BCUT2D eigenvalue weighted by Crippen LogP contribution is -2.65. The van der Waals surface area contributed by atoms with Crippen LogP contribution in [-0.2, 0) is 14.3 Å². The summed E-state index contributed by atoms with van der Waals surface area (Å²) in [5.74, 6) is -0.702. The standard InChI is InChI=1S/C16H27N3O4/c1-6-11-7-12(23-14(17)22)9-16(8-11,18-10(2)20)13(21)19-15(3,4)5/h6,11-12H,1,7-9H2,2-5H3,(H2,17,22)(H,18,20)(H,19,21). The number of rotatable bonds is 4. The van der Waals surface area contributed by atoms with Crippen LogP contribution >= 0.6 is 0 Å². The molecule has 7 heteroatoms. The van der Waals surface area contributed by atoms with Crippen molar-refractivity contribution in [2.75, 3.05) is 0 Å². The number of hydrogen-bond acceptors (Lipinski definition) is 4. The van der Waals surface area contributed by atoms with Gasteiger partial charge in [-0.05, 0) is 39.5 Å². The van der Waals surface area contributed by atoms with Crippen LogP contribution in [0.25, 0.3) is 0 Å².